The second kappa shape index (κ2) is 17.4. The number of amides is 2. The van der Waals surface area contributed by atoms with E-state index in [9.17, 15) is 46.1 Å². The number of ether oxygens (including phenoxy) is 2. The Hall–Kier alpha value is -7.18. The summed E-state index contributed by atoms with van der Waals surface area (Å²) >= 11 is 2.98. The number of carbonyl (C=O) groups is 2. The number of hydrogen-bond acceptors (Lipinski definition) is 10. The minimum Gasteiger partial charge on any atom is -0.508 e. The van der Waals surface area contributed by atoms with Crippen molar-refractivity contribution in [3.8, 4) is 44.1 Å². The molecule has 2 heterocycles. The van der Waals surface area contributed by atoms with Gasteiger partial charge in [-0.1, -0.05) is 12.1 Å². The highest BCUT2D eigenvalue weighted by molar-refractivity contribution is 7.22. The number of phenolic OH excluding ortho intramolecular Hbond substituents is 2. The molecule has 8 aromatic rings. The molecular formula is C44H30F6N4O6S2. The normalized spacial score (nSPS) is 11.5. The first-order valence-corrected chi connectivity index (χ1v) is 19.7. The van der Waals surface area contributed by atoms with E-state index in [2.05, 4.69) is 36.1 Å². The van der Waals surface area contributed by atoms with Crippen molar-refractivity contribution in [3.05, 3.63) is 144 Å². The number of aromatic hydroxyl groups is 2. The quantitative estimate of drug-likeness (QED) is 0.110. The van der Waals surface area contributed by atoms with Crippen LogP contribution in [0.25, 0.3) is 41.6 Å². The molecule has 10 nitrogen and oxygen atoms in total. The third-order valence-electron chi connectivity index (χ3n) is 8.83. The van der Waals surface area contributed by atoms with E-state index in [1.807, 2.05) is 31.2 Å². The second-order valence-electron chi connectivity index (χ2n) is 13.5. The van der Waals surface area contributed by atoms with Crippen LogP contribution in [0.1, 0.15) is 31.8 Å². The van der Waals surface area contributed by atoms with E-state index in [4.69, 9.17) is 0 Å². The number of thiazole rings is 2. The predicted octanol–water partition coefficient (Wildman–Crippen LogP) is 12.3. The van der Waals surface area contributed by atoms with Gasteiger partial charge in [0.15, 0.2) is 0 Å². The van der Waals surface area contributed by atoms with Crippen LogP contribution in [0.4, 0.5) is 37.7 Å². The number of phenols is 2. The number of aryl methyl sites for hydroxylation is 2. The minimum atomic E-state index is -4.92. The van der Waals surface area contributed by atoms with Crippen molar-refractivity contribution in [2.75, 3.05) is 10.6 Å². The van der Waals surface area contributed by atoms with Gasteiger partial charge in [0.2, 0.25) is 0 Å². The topological polar surface area (TPSA) is 143 Å². The van der Waals surface area contributed by atoms with Crippen molar-refractivity contribution >= 4 is 66.3 Å². The van der Waals surface area contributed by atoms with Gasteiger partial charge in [0, 0.05) is 28.1 Å². The molecule has 8 rings (SSSR count). The van der Waals surface area contributed by atoms with Crippen molar-refractivity contribution in [3.63, 3.8) is 0 Å². The molecule has 2 amide bonds. The first-order chi connectivity index (χ1) is 29.4. The van der Waals surface area contributed by atoms with Crippen LogP contribution in [0.3, 0.4) is 0 Å². The molecule has 0 aliphatic heterocycles. The first kappa shape index (κ1) is 42.9. The summed E-state index contributed by atoms with van der Waals surface area (Å²) in [6.45, 7) is 3.67. The number of nitrogens with one attached hydrogen (secondary N) is 2. The summed E-state index contributed by atoms with van der Waals surface area (Å²) in [5.74, 6) is -2.71. The highest BCUT2D eigenvalue weighted by atomic mass is 32.1. The van der Waals surface area contributed by atoms with E-state index >= 15 is 0 Å². The number of carbonyl (C=O) groups excluding carboxylic acids is 2. The largest absolute Gasteiger partial charge is 0.573 e. The maximum absolute atomic E-state index is 12.6. The van der Waals surface area contributed by atoms with Crippen LogP contribution in [-0.2, 0) is 0 Å². The lowest BCUT2D eigenvalue weighted by Crippen LogP contribution is -2.18. The standard InChI is InChI=1S/C23H17F3N2O2S.C21H13F3N2O4S/c1-13-3-10-19-20(11-13)31-22(28-19)15-5-7-16(8-6-15)27-21(29)18-12-17(9-4-14(18)2)30-23(24,25)26;22-21(23,24)30-14-6-8-17(28)15(10-14)19(29)25-12-3-1-11(2-4-12)20-26-16-7-5-13(27)9-18(16)31-20/h3-12H,1-2H3,(H,27,29);1-10,27-28H,(H,25,29). The molecule has 316 valence electrons. The maximum Gasteiger partial charge on any atom is 0.573 e. The molecule has 0 saturated carbocycles. The molecule has 18 heteroatoms. The number of anilines is 2. The van der Waals surface area contributed by atoms with Gasteiger partial charge in [-0.2, -0.15) is 0 Å². The molecular weight excluding hydrogens is 859 g/mol. The van der Waals surface area contributed by atoms with Crippen molar-refractivity contribution in [2.24, 2.45) is 0 Å². The van der Waals surface area contributed by atoms with Crippen LogP contribution in [0.15, 0.2) is 121 Å². The average Bonchev–Trinajstić information content (AvgIpc) is 3.83. The summed E-state index contributed by atoms with van der Waals surface area (Å²) in [6, 6.07) is 31.1. The highest BCUT2D eigenvalue weighted by Crippen LogP contribution is 2.35. The molecule has 0 saturated heterocycles. The van der Waals surface area contributed by atoms with Crippen LogP contribution < -0.4 is 20.1 Å². The summed E-state index contributed by atoms with van der Waals surface area (Å²) in [7, 11) is 0. The third kappa shape index (κ3) is 10.8. The number of aromatic nitrogens is 2. The molecule has 0 aliphatic carbocycles. The number of fused-ring (bicyclic) bond motifs is 2. The van der Waals surface area contributed by atoms with Crippen LogP contribution in [-0.4, -0.2) is 44.7 Å². The average molecular weight is 889 g/mol. The van der Waals surface area contributed by atoms with Crippen LogP contribution in [0.5, 0.6) is 23.0 Å². The van der Waals surface area contributed by atoms with E-state index in [-0.39, 0.29) is 16.9 Å². The van der Waals surface area contributed by atoms with Gasteiger partial charge in [-0.15, -0.1) is 49.0 Å². The highest BCUT2D eigenvalue weighted by Gasteiger charge is 2.32. The molecule has 0 radical (unpaired) electrons. The van der Waals surface area contributed by atoms with Crippen LogP contribution >= 0.6 is 22.7 Å². The summed E-state index contributed by atoms with van der Waals surface area (Å²) < 4.78 is 84.1. The van der Waals surface area contributed by atoms with Gasteiger partial charge in [-0.3, -0.25) is 9.59 Å². The number of rotatable bonds is 8. The van der Waals surface area contributed by atoms with Gasteiger partial charge in [-0.25, -0.2) is 9.97 Å². The van der Waals surface area contributed by atoms with Crippen molar-refractivity contribution in [1.29, 1.82) is 0 Å². The fourth-order valence-electron chi connectivity index (χ4n) is 5.92. The molecule has 4 N–H and O–H groups in total. The van der Waals surface area contributed by atoms with Gasteiger partial charge in [-0.05, 0) is 134 Å². The SMILES string of the molecule is Cc1ccc2nc(-c3ccc(NC(=O)c4cc(OC(F)(F)F)ccc4C)cc3)sc2c1.O=C(Nc1ccc(-c2nc3ccc(O)cc3s2)cc1)c1cc(OC(F)(F)F)ccc1O. The van der Waals surface area contributed by atoms with E-state index < -0.39 is 41.8 Å². The monoisotopic (exact) mass is 888 g/mol. The Morgan fingerprint density at radius 2 is 1.03 bits per heavy atom. The zero-order chi connectivity index (χ0) is 44.3. The zero-order valence-electron chi connectivity index (χ0n) is 32.1. The lowest BCUT2D eigenvalue weighted by molar-refractivity contribution is -0.275. The molecule has 0 spiro atoms. The summed E-state index contributed by atoms with van der Waals surface area (Å²) in [5, 5.41) is 26.2. The van der Waals surface area contributed by atoms with E-state index in [0.29, 0.717) is 21.9 Å². The Bertz CT molecular complexity index is 2730. The summed E-state index contributed by atoms with van der Waals surface area (Å²) in [6.07, 6.45) is -9.74. The molecule has 6 aromatic carbocycles. The van der Waals surface area contributed by atoms with Crippen molar-refractivity contribution < 1.29 is 55.6 Å². The molecule has 62 heavy (non-hydrogen) atoms. The molecule has 0 fully saturated rings. The van der Waals surface area contributed by atoms with E-state index in [0.717, 1.165) is 60.8 Å². The fraction of sp³-hybridized carbons (Fsp3) is 0.0909. The Labute approximate surface area is 355 Å². The Morgan fingerprint density at radius 1 is 0.565 bits per heavy atom. The molecule has 0 unspecified atom stereocenters. The second-order valence-corrected chi connectivity index (χ2v) is 15.5. The Morgan fingerprint density at radius 3 is 1.56 bits per heavy atom. The zero-order valence-corrected chi connectivity index (χ0v) is 33.7. The smallest absolute Gasteiger partial charge is 0.508 e. The lowest BCUT2D eigenvalue weighted by atomic mass is 10.1. The Kier molecular flexibility index (Phi) is 12.1. The number of halogens is 6. The van der Waals surface area contributed by atoms with Gasteiger partial charge in [0.25, 0.3) is 11.8 Å². The van der Waals surface area contributed by atoms with Gasteiger partial charge in [0.05, 0.1) is 26.0 Å². The van der Waals surface area contributed by atoms with Crippen molar-refractivity contribution in [2.45, 2.75) is 26.6 Å². The van der Waals surface area contributed by atoms with Crippen LogP contribution in [0, 0.1) is 13.8 Å². The van der Waals surface area contributed by atoms with Crippen LogP contribution in [0.2, 0.25) is 0 Å². The first-order valence-electron chi connectivity index (χ1n) is 18.1. The maximum atomic E-state index is 12.6. The lowest BCUT2D eigenvalue weighted by Gasteiger charge is -2.12. The number of alkyl halides is 6. The minimum absolute atomic E-state index is 0.104. The molecule has 0 aliphatic rings. The number of nitrogens with zero attached hydrogens (tertiary/aromatic N) is 2. The van der Waals surface area contributed by atoms with Gasteiger partial charge < -0.3 is 30.3 Å². The fourth-order valence-corrected chi connectivity index (χ4v) is 7.99. The van der Waals surface area contributed by atoms with Gasteiger partial charge in [0.1, 0.15) is 33.0 Å². The third-order valence-corrected chi connectivity index (χ3v) is 11.0. The molecule has 0 bridgehead atoms. The number of benzene rings is 6. The predicted molar refractivity (Wildman–Crippen MR) is 225 cm³/mol. The number of hydrogen-bond donors (Lipinski definition) is 4. The van der Waals surface area contributed by atoms with E-state index in [1.165, 1.54) is 29.0 Å². The summed E-state index contributed by atoms with van der Waals surface area (Å²) in [4.78, 5) is 34.1. The van der Waals surface area contributed by atoms with Gasteiger partial charge >= 0.3 is 12.7 Å². The summed E-state index contributed by atoms with van der Waals surface area (Å²) in [5.41, 5.74) is 5.70. The Balaban J connectivity index is 0.000000186. The molecule has 0 atom stereocenters. The van der Waals surface area contributed by atoms with E-state index in [1.54, 1.807) is 72.9 Å². The van der Waals surface area contributed by atoms with Crippen molar-refractivity contribution in [1.82, 2.24) is 9.97 Å². The molecule has 2 aromatic heterocycles.